The lowest BCUT2D eigenvalue weighted by atomic mass is 9.96. The Balaban J connectivity index is 1.13. The molecule has 1 N–H and O–H groups in total. The number of nitrogens with zero attached hydrogens (tertiary/aromatic N) is 5. The Labute approximate surface area is 192 Å². The van der Waals surface area contributed by atoms with Gasteiger partial charge in [-0.2, -0.15) is 0 Å². The molecule has 172 valence electrons. The van der Waals surface area contributed by atoms with Crippen LogP contribution in [-0.2, 0) is 10.2 Å². The molecule has 4 fully saturated rings. The van der Waals surface area contributed by atoms with Gasteiger partial charge in [-0.15, -0.1) is 0 Å². The fourth-order valence-electron chi connectivity index (χ4n) is 5.63. The monoisotopic (exact) mass is 446 g/mol. The van der Waals surface area contributed by atoms with Crippen LogP contribution in [0.5, 0.6) is 0 Å². The van der Waals surface area contributed by atoms with Crippen LogP contribution in [0.3, 0.4) is 0 Å². The lowest BCUT2D eigenvalue weighted by Crippen LogP contribution is -2.44. The van der Waals surface area contributed by atoms with Gasteiger partial charge in [-0.05, 0) is 63.5 Å². The Morgan fingerprint density at radius 2 is 1.88 bits per heavy atom. The summed E-state index contributed by atoms with van der Waals surface area (Å²) in [4.78, 5) is 35.4. The zero-order valence-corrected chi connectivity index (χ0v) is 18.9. The van der Waals surface area contributed by atoms with Crippen LogP contribution in [0.2, 0.25) is 0 Å². The maximum Gasteiger partial charge on any atom is 0.227 e. The van der Waals surface area contributed by atoms with Crippen LogP contribution >= 0.6 is 0 Å². The van der Waals surface area contributed by atoms with Crippen molar-refractivity contribution in [1.29, 1.82) is 0 Å². The van der Waals surface area contributed by atoms with Crippen LogP contribution < -0.4 is 4.90 Å². The first kappa shape index (κ1) is 19.6. The smallest absolute Gasteiger partial charge is 0.227 e. The number of pyridine rings is 1. The summed E-state index contributed by atoms with van der Waals surface area (Å²) in [5, 5.41) is 0. The Kier molecular flexibility index (Phi) is 4.33. The van der Waals surface area contributed by atoms with Crippen molar-refractivity contribution in [3.8, 4) is 0 Å². The molecule has 2 saturated heterocycles. The maximum atomic E-state index is 12.9. The van der Waals surface area contributed by atoms with Gasteiger partial charge in [0, 0.05) is 32.1 Å². The average molecular weight is 447 g/mol. The molecule has 8 heteroatoms. The summed E-state index contributed by atoms with van der Waals surface area (Å²) in [5.74, 6) is 3.66. The molecule has 0 spiro atoms. The number of aromatic nitrogens is 4. The molecular formula is C25H30N6O2. The fourth-order valence-corrected chi connectivity index (χ4v) is 5.63. The van der Waals surface area contributed by atoms with Gasteiger partial charge >= 0.3 is 0 Å². The topological polar surface area (TPSA) is 91.2 Å². The summed E-state index contributed by atoms with van der Waals surface area (Å²) >= 11 is 0. The minimum Gasteiger partial charge on any atom is -0.448 e. The molecule has 1 atom stereocenters. The number of hydrogen-bond donors (Lipinski definition) is 1. The summed E-state index contributed by atoms with van der Waals surface area (Å²) < 4.78 is 5.77. The first-order valence-electron chi connectivity index (χ1n) is 12.6. The number of piperidine rings is 1. The molecule has 7 rings (SSSR count). The van der Waals surface area contributed by atoms with Crippen LogP contribution in [0, 0.1) is 5.92 Å². The van der Waals surface area contributed by atoms with E-state index in [4.69, 9.17) is 19.4 Å². The van der Waals surface area contributed by atoms with E-state index in [1.807, 2.05) is 6.26 Å². The van der Waals surface area contributed by atoms with Crippen molar-refractivity contribution in [2.45, 2.75) is 62.7 Å². The minimum absolute atomic E-state index is 0.0756. The molecule has 5 heterocycles. The SMILES string of the molecule is O=C(C1CCCN(c2ccc3[nH]c(C4(c5coc(C6CC6)n5)CC4)nc3n2)C1)N1CCCC1. The number of carbonyl (C=O) groups excluding carboxylic acids is 1. The summed E-state index contributed by atoms with van der Waals surface area (Å²) in [5.41, 5.74) is 2.54. The first-order valence-corrected chi connectivity index (χ1v) is 12.6. The van der Waals surface area contributed by atoms with Crippen molar-refractivity contribution in [2.75, 3.05) is 31.1 Å². The third kappa shape index (κ3) is 3.33. The predicted molar refractivity (Wildman–Crippen MR) is 123 cm³/mol. The zero-order chi connectivity index (χ0) is 22.0. The van der Waals surface area contributed by atoms with Crippen LogP contribution in [0.15, 0.2) is 22.8 Å². The highest BCUT2D eigenvalue weighted by Crippen LogP contribution is 2.53. The van der Waals surface area contributed by atoms with Gasteiger partial charge in [0.1, 0.15) is 17.9 Å². The summed E-state index contributed by atoms with van der Waals surface area (Å²) in [6, 6.07) is 4.14. The molecule has 0 bridgehead atoms. The second-order valence-electron chi connectivity index (χ2n) is 10.4. The molecule has 2 aliphatic carbocycles. The van der Waals surface area contributed by atoms with Crippen LogP contribution in [-0.4, -0.2) is 56.9 Å². The van der Waals surface area contributed by atoms with Gasteiger partial charge < -0.3 is 19.2 Å². The third-order valence-electron chi connectivity index (χ3n) is 7.99. The van der Waals surface area contributed by atoms with E-state index in [9.17, 15) is 4.79 Å². The van der Waals surface area contributed by atoms with E-state index in [0.29, 0.717) is 11.8 Å². The number of oxazole rings is 1. The number of H-pyrrole nitrogens is 1. The molecule has 3 aromatic heterocycles. The standard InChI is InChI=1S/C25H30N6O2/c32-23(30-11-1-2-12-30)17-4-3-13-31(14-17)20-8-7-18-21(28-20)29-24(26-18)25(9-10-25)19-15-33-22(27-19)16-5-6-16/h7-8,15-17H,1-6,9-14H2,(H,26,28,29). The quantitative estimate of drug-likeness (QED) is 0.642. The van der Waals surface area contributed by atoms with Crippen LogP contribution in [0.25, 0.3) is 11.2 Å². The number of likely N-dealkylation sites (tertiary alicyclic amines) is 1. The van der Waals surface area contributed by atoms with Crippen molar-refractivity contribution in [1.82, 2.24) is 24.8 Å². The highest BCUT2D eigenvalue weighted by Gasteiger charge is 2.51. The molecule has 33 heavy (non-hydrogen) atoms. The lowest BCUT2D eigenvalue weighted by molar-refractivity contribution is -0.134. The maximum absolute atomic E-state index is 12.9. The van der Waals surface area contributed by atoms with Crippen molar-refractivity contribution in [2.24, 2.45) is 5.92 Å². The summed E-state index contributed by atoms with van der Waals surface area (Å²) in [6.07, 6.45) is 10.5. The van der Waals surface area contributed by atoms with Gasteiger partial charge in [0.15, 0.2) is 11.5 Å². The van der Waals surface area contributed by atoms with Crippen molar-refractivity contribution in [3.05, 3.63) is 35.8 Å². The average Bonchev–Trinajstić information content (AvgIpc) is 3.67. The summed E-state index contributed by atoms with van der Waals surface area (Å²) in [7, 11) is 0. The molecule has 2 aliphatic heterocycles. The number of aromatic amines is 1. The number of imidazole rings is 1. The zero-order valence-electron chi connectivity index (χ0n) is 18.9. The normalized spacial score (nSPS) is 24.5. The predicted octanol–water partition coefficient (Wildman–Crippen LogP) is 3.74. The second-order valence-corrected chi connectivity index (χ2v) is 10.4. The fraction of sp³-hybridized carbons (Fsp3) is 0.600. The van der Waals surface area contributed by atoms with E-state index in [2.05, 4.69) is 26.9 Å². The van der Waals surface area contributed by atoms with Gasteiger partial charge in [-0.3, -0.25) is 4.79 Å². The van der Waals surface area contributed by atoms with Crippen molar-refractivity contribution in [3.63, 3.8) is 0 Å². The second kappa shape index (κ2) is 7.30. The molecule has 4 aliphatic rings. The van der Waals surface area contributed by atoms with E-state index in [1.165, 1.54) is 12.8 Å². The summed E-state index contributed by atoms with van der Waals surface area (Å²) in [6.45, 7) is 3.53. The molecular weight excluding hydrogens is 416 g/mol. The van der Waals surface area contributed by atoms with Gasteiger partial charge in [-0.25, -0.2) is 15.0 Å². The number of carbonyl (C=O) groups is 1. The Morgan fingerprint density at radius 1 is 1.03 bits per heavy atom. The number of rotatable bonds is 5. The van der Waals surface area contributed by atoms with E-state index in [0.717, 1.165) is 99.1 Å². The molecule has 1 amide bonds. The van der Waals surface area contributed by atoms with Crippen LogP contribution in [0.1, 0.15) is 74.7 Å². The van der Waals surface area contributed by atoms with Crippen molar-refractivity contribution < 1.29 is 9.21 Å². The lowest BCUT2D eigenvalue weighted by Gasteiger charge is -2.34. The number of nitrogens with one attached hydrogen (secondary N) is 1. The van der Waals surface area contributed by atoms with Gasteiger partial charge in [0.25, 0.3) is 0 Å². The Hall–Kier alpha value is -2.90. The van der Waals surface area contributed by atoms with E-state index < -0.39 is 0 Å². The van der Waals surface area contributed by atoms with Gasteiger partial charge in [0.05, 0.1) is 22.5 Å². The molecule has 0 aromatic carbocycles. The Bertz CT molecular complexity index is 1200. The highest BCUT2D eigenvalue weighted by molar-refractivity contribution is 5.80. The molecule has 2 saturated carbocycles. The Morgan fingerprint density at radius 3 is 2.67 bits per heavy atom. The number of hydrogen-bond acceptors (Lipinski definition) is 6. The van der Waals surface area contributed by atoms with E-state index >= 15 is 0 Å². The van der Waals surface area contributed by atoms with Gasteiger partial charge in [-0.1, -0.05) is 0 Å². The largest absolute Gasteiger partial charge is 0.448 e. The minimum atomic E-state index is -0.157. The number of fused-ring (bicyclic) bond motifs is 1. The molecule has 0 radical (unpaired) electrons. The third-order valence-corrected chi connectivity index (χ3v) is 7.99. The first-order chi connectivity index (χ1) is 16.2. The van der Waals surface area contributed by atoms with Crippen LogP contribution in [0.4, 0.5) is 5.82 Å². The van der Waals surface area contributed by atoms with Crippen molar-refractivity contribution >= 4 is 22.9 Å². The highest BCUT2D eigenvalue weighted by atomic mass is 16.3. The molecule has 3 aromatic rings. The van der Waals surface area contributed by atoms with E-state index in [1.54, 1.807) is 0 Å². The van der Waals surface area contributed by atoms with E-state index in [-0.39, 0.29) is 11.3 Å². The number of anilines is 1. The molecule has 8 nitrogen and oxygen atoms in total. The molecule has 1 unspecified atom stereocenters. The van der Waals surface area contributed by atoms with Gasteiger partial charge in [0.2, 0.25) is 5.91 Å². The number of amides is 1.